The molecule has 0 spiro atoms. The predicted octanol–water partition coefficient (Wildman–Crippen LogP) is 6.55. The van der Waals surface area contributed by atoms with E-state index >= 15 is 0 Å². The molecule has 0 heterocycles. The van der Waals surface area contributed by atoms with E-state index < -0.39 is 0 Å². The Morgan fingerprint density at radius 3 is 2.30 bits per heavy atom. The second-order valence-corrected chi connectivity index (χ2v) is 8.96. The molecular formula is C20H38. The minimum absolute atomic E-state index is 0.701. The molecule has 0 aliphatic heterocycles. The summed E-state index contributed by atoms with van der Waals surface area (Å²) in [5.41, 5.74) is 0.701. The van der Waals surface area contributed by atoms with Crippen molar-refractivity contribution in [3.8, 4) is 0 Å². The second kappa shape index (κ2) is 6.41. The summed E-state index contributed by atoms with van der Waals surface area (Å²) in [6.07, 6.45) is 10.2. The number of hydrogen-bond donors (Lipinski definition) is 0. The molecule has 0 bridgehead atoms. The largest absolute Gasteiger partial charge is 0.0654 e. The third kappa shape index (κ3) is 3.60. The lowest BCUT2D eigenvalue weighted by molar-refractivity contribution is 0.0455. The summed E-state index contributed by atoms with van der Waals surface area (Å²) < 4.78 is 0. The molecule has 0 radical (unpaired) electrons. The molecule has 7 unspecified atom stereocenters. The topological polar surface area (TPSA) is 0 Å². The fourth-order valence-corrected chi connectivity index (χ4v) is 4.99. The first-order chi connectivity index (χ1) is 9.37. The van der Waals surface area contributed by atoms with Gasteiger partial charge < -0.3 is 0 Å². The van der Waals surface area contributed by atoms with Gasteiger partial charge in [-0.25, -0.2) is 0 Å². The molecule has 2 saturated carbocycles. The van der Waals surface area contributed by atoms with Crippen molar-refractivity contribution in [1.29, 1.82) is 0 Å². The van der Waals surface area contributed by atoms with E-state index in [0.717, 1.165) is 35.5 Å². The number of hydrogen-bond acceptors (Lipinski definition) is 0. The SMILES string of the molecule is CCCC(C)CC(C)CC1C(C)C1CC1(C)CCC1C. The molecule has 0 amide bonds. The third-order valence-electron chi connectivity index (χ3n) is 7.06. The van der Waals surface area contributed by atoms with E-state index in [2.05, 4.69) is 41.5 Å². The Labute approximate surface area is 128 Å². The van der Waals surface area contributed by atoms with Gasteiger partial charge in [-0.2, -0.15) is 0 Å². The Bertz CT molecular complexity index is 307. The molecule has 2 aliphatic rings. The van der Waals surface area contributed by atoms with Crippen molar-refractivity contribution in [3.63, 3.8) is 0 Å². The Morgan fingerprint density at radius 1 is 1.10 bits per heavy atom. The highest BCUT2D eigenvalue weighted by atomic mass is 14.6. The van der Waals surface area contributed by atoms with E-state index in [1.807, 2.05) is 0 Å². The smallest absolute Gasteiger partial charge is 0.0297 e. The zero-order chi connectivity index (χ0) is 14.9. The lowest BCUT2D eigenvalue weighted by atomic mass is 9.59. The van der Waals surface area contributed by atoms with Crippen molar-refractivity contribution in [2.75, 3.05) is 0 Å². The van der Waals surface area contributed by atoms with Gasteiger partial charge in [0.1, 0.15) is 0 Å². The molecule has 0 nitrogen and oxygen atoms in total. The van der Waals surface area contributed by atoms with Gasteiger partial charge in [-0.3, -0.25) is 0 Å². The molecule has 2 rings (SSSR count). The first kappa shape index (κ1) is 16.4. The first-order valence-corrected chi connectivity index (χ1v) is 9.37. The fraction of sp³-hybridized carbons (Fsp3) is 1.00. The Morgan fingerprint density at radius 2 is 1.80 bits per heavy atom. The lowest BCUT2D eigenvalue weighted by Gasteiger charge is -2.46. The molecule has 2 fully saturated rings. The molecule has 0 N–H and O–H groups in total. The van der Waals surface area contributed by atoms with Crippen LogP contribution in [-0.4, -0.2) is 0 Å². The van der Waals surface area contributed by atoms with E-state index in [0.29, 0.717) is 5.41 Å². The van der Waals surface area contributed by atoms with Gasteiger partial charge in [0.05, 0.1) is 0 Å². The van der Waals surface area contributed by atoms with Gasteiger partial charge in [-0.15, -0.1) is 0 Å². The van der Waals surface area contributed by atoms with E-state index in [4.69, 9.17) is 0 Å². The van der Waals surface area contributed by atoms with Gasteiger partial charge in [0, 0.05) is 0 Å². The summed E-state index contributed by atoms with van der Waals surface area (Å²) >= 11 is 0. The molecule has 0 heteroatoms. The second-order valence-electron chi connectivity index (χ2n) is 8.96. The van der Waals surface area contributed by atoms with Crippen LogP contribution in [-0.2, 0) is 0 Å². The van der Waals surface area contributed by atoms with Gasteiger partial charge in [-0.05, 0) is 73.0 Å². The average Bonchev–Trinajstić information content (AvgIpc) is 2.96. The van der Waals surface area contributed by atoms with Gasteiger partial charge >= 0.3 is 0 Å². The van der Waals surface area contributed by atoms with Crippen molar-refractivity contribution in [2.24, 2.45) is 40.9 Å². The molecule has 118 valence electrons. The summed E-state index contributed by atoms with van der Waals surface area (Å²) in [7, 11) is 0. The standard InChI is InChI=1S/C20H38/c1-7-8-14(2)11-15(3)12-18-17(5)19(18)13-20(6)10-9-16(20)4/h14-19H,7-13H2,1-6H3. The van der Waals surface area contributed by atoms with E-state index in [1.165, 1.54) is 44.9 Å². The lowest BCUT2D eigenvalue weighted by Crippen LogP contribution is -2.36. The van der Waals surface area contributed by atoms with Crippen LogP contribution in [0.2, 0.25) is 0 Å². The quantitative estimate of drug-likeness (QED) is 0.472. The first-order valence-electron chi connectivity index (χ1n) is 9.37. The van der Waals surface area contributed by atoms with Crippen LogP contribution in [0, 0.1) is 40.9 Å². The van der Waals surface area contributed by atoms with Gasteiger partial charge in [0.2, 0.25) is 0 Å². The van der Waals surface area contributed by atoms with Crippen LogP contribution in [0.4, 0.5) is 0 Å². The Balaban J connectivity index is 1.72. The van der Waals surface area contributed by atoms with E-state index in [1.54, 1.807) is 0 Å². The maximum absolute atomic E-state index is 2.55. The highest BCUT2D eigenvalue weighted by molar-refractivity contribution is 5.01. The van der Waals surface area contributed by atoms with Gasteiger partial charge in [0.15, 0.2) is 0 Å². The minimum atomic E-state index is 0.701. The molecule has 7 atom stereocenters. The highest BCUT2D eigenvalue weighted by Crippen LogP contribution is 2.60. The average molecular weight is 279 g/mol. The van der Waals surface area contributed by atoms with Gasteiger partial charge in [0.25, 0.3) is 0 Å². The molecule has 0 aromatic carbocycles. The van der Waals surface area contributed by atoms with Crippen LogP contribution in [0.15, 0.2) is 0 Å². The molecule has 20 heavy (non-hydrogen) atoms. The molecule has 0 aromatic rings. The Kier molecular flexibility index (Phi) is 5.24. The summed E-state index contributed by atoms with van der Waals surface area (Å²) in [4.78, 5) is 0. The minimum Gasteiger partial charge on any atom is -0.0654 e. The van der Waals surface area contributed by atoms with Crippen molar-refractivity contribution in [2.45, 2.75) is 86.5 Å². The molecule has 0 saturated heterocycles. The van der Waals surface area contributed by atoms with Crippen molar-refractivity contribution >= 4 is 0 Å². The summed E-state index contributed by atoms with van der Waals surface area (Å²) in [5, 5.41) is 0. The normalized spacial score (nSPS) is 42.9. The maximum atomic E-state index is 2.55. The summed E-state index contributed by atoms with van der Waals surface area (Å²) in [6.45, 7) is 14.8. The van der Waals surface area contributed by atoms with Crippen LogP contribution in [0.1, 0.15) is 86.5 Å². The van der Waals surface area contributed by atoms with Crippen LogP contribution < -0.4 is 0 Å². The van der Waals surface area contributed by atoms with Crippen molar-refractivity contribution < 1.29 is 0 Å². The third-order valence-corrected chi connectivity index (χ3v) is 7.06. The number of rotatable bonds is 8. The zero-order valence-corrected chi connectivity index (χ0v) is 14.9. The molecule has 2 aliphatic carbocycles. The van der Waals surface area contributed by atoms with Crippen LogP contribution in [0.25, 0.3) is 0 Å². The summed E-state index contributed by atoms with van der Waals surface area (Å²) in [6, 6.07) is 0. The maximum Gasteiger partial charge on any atom is -0.0297 e. The van der Waals surface area contributed by atoms with Crippen molar-refractivity contribution in [3.05, 3.63) is 0 Å². The summed E-state index contributed by atoms with van der Waals surface area (Å²) in [5.74, 6) is 6.00. The Hall–Kier alpha value is 0. The van der Waals surface area contributed by atoms with Gasteiger partial charge in [-0.1, -0.05) is 54.4 Å². The predicted molar refractivity (Wildman–Crippen MR) is 89.7 cm³/mol. The van der Waals surface area contributed by atoms with E-state index in [9.17, 15) is 0 Å². The van der Waals surface area contributed by atoms with E-state index in [-0.39, 0.29) is 0 Å². The fourth-order valence-electron chi connectivity index (χ4n) is 4.99. The molecule has 0 aromatic heterocycles. The molecular weight excluding hydrogens is 240 g/mol. The monoisotopic (exact) mass is 278 g/mol. The van der Waals surface area contributed by atoms with Crippen LogP contribution in [0.3, 0.4) is 0 Å². The zero-order valence-electron chi connectivity index (χ0n) is 14.9. The van der Waals surface area contributed by atoms with Crippen LogP contribution in [0.5, 0.6) is 0 Å². The van der Waals surface area contributed by atoms with Crippen molar-refractivity contribution in [1.82, 2.24) is 0 Å². The highest BCUT2D eigenvalue weighted by Gasteiger charge is 2.52. The van der Waals surface area contributed by atoms with Crippen LogP contribution >= 0.6 is 0 Å².